The number of sulfone groups is 1. The molecule has 2 atom stereocenters. The van der Waals surface area contributed by atoms with E-state index >= 15 is 0 Å². The highest BCUT2D eigenvalue weighted by atomic mass is 32.2. The maximum absolute atomic E-state index is 12.3. The van der Waals surface area contributed by atoms with Gasteiger partial charge in [-0.15, -0.1) is 0 Å². The average molecular weight is 367 g/mol. The first-order valence-corrected chi connectivity index (χ1v) is 11.0. The Morgan fingerprint density at radius 3 is 2.60 bits per heavy atom. The molecule has 0 aromatic carbocycles. The van der Waals surface area contributed by atoms with E-state index in [1.807, 2.05) is 12.4 Å². The van der Waals surface area contributed by atoms with E-state index in [2.05, 4.69) is 46.2 Å². The van der Waals surface area contributed by atoms with E-state index in [1.165, 1.54) is 5.57 Å². The minimum Gasteiger partial charge on any atom is -0.334 e. The van der Waals surface area contributed by atoms with Gasteiger partial charge < -0.3 is 4.57 Å². The first-order valence-electron chi connectivity index (χ1n) is 9.21. The van der Waals surface area contributed by atoms with Crippen LogP contribution in [0.25, 0.3) is 0 Å². The lowest BCUT2D eigenvalue weighted by Crippen LogP contribution is -2.58. The van der Waals surface area contributed by atoms with E-state index in [4.69, 9.17) is 0 Å². The van der Waals surface area contributed by atoms with Crippen LogP contribution < -0.4 is 0 Å². The number of hydrogen-bond acceptors (Lipinski definition) is 5. The maximum Gasteiger partial charge on any atom is 0.153 e. The molecule has 0 spiro atoms. The third-order valence-corrected chi connectivity index (χ3v) is 6.95. The molecule has 0 bridgehead atoms. The van der Waals surface area contributed by atoms with Gasteiger partial charge in [-0.1, -0.05) is 18.6 Å². The predicted octanol–water partition coefficient (Wildman–Crippen LogP) is 1.54. The van der Waals surface area contributed by atoms with Crippen molar-refractivity contribution in [1.82, 2.24) is 19.4 Å². The zero-order valence-electron chi connectivity index (χ0n) is 15.6. The fraction of sp³-hybridized carbons (Fsp3) is 0.722. The minimum atomic E-state index is -2.96. The second-order valence-electron chi connectivity index (χ2n) is 7.50. The number of hydrogen-bond donors (Lipinski definition) is 0. The molecule has 0 aliphatic carbocycles. The molecule has 140 valence electrons. The lowest BCUT2D eigenvalue weighted by molar-refractivity contribution is 0.0454. The molecular formula is C18H30N4O2S. The van der Waals surface area contributed by atoms with Gasteiger partial charge in [0.25, 0.3) is 0 Å². The second kappa shape index (κ2) is 7.60. The smallest absolute Gasteiger partial charge is 0.153 e. The zero-order chi connectivity index (χ0) is 18.0. The number of imidazole rings is 1. The molecule has 2 fully saturated rings. The standard InChI is InChI=1S/C18H30N4O2S/c1-4-7-21-9-6-19-18(21)12-22-11-10-20(8-5-15(2)3)16-13-25(23,24)14-17(16)22/h5-6,9,16-17H,4,7-8,10-14H2,1-3H3/t16-,17+/m0/s1. The molecule has 0 amide bonds. The molecule has 0 saturated carbocycles. The Balaban J connectivity index is 1.76. The van der Waals surface area contributed by atoms with E-state index in [9.17, 15) is 8.42 Å². The lowest BCUT2D eigenvalue weighted by atomic mass is 10.0. The largest absolute Gasteiger partial charge is 0.334 e. The van der Waals surface area contributed by atoms with Gasteiger partial charge in [-0.25, -0.2) is 13.4 Å². The Hall–Kier alpha value is -1.18. The molecule has 25 heavy (non-hydrogen) atoms. The van der Waals surface area contributed by atoms with Crippen molar-refractivity contribution in [2.75, 3.05) is 31.1 Å². The molecule has 3 rings (SSSR count). The number of allylic oxidation sites excluding steroid dienone is 1. The van der Waals surface area contributed by atoms with Gasteiger partial charge in [-0.3, -0.25) is 9.80 Å². The Labute approximate surface area is 151 Å². The second-order valence-corrected chi connectivity index (χ2v) is 9.65. The van der Waals surface area contributed by atoms with Crippen LogP contribution in [0.15, 0.2) is 24.0 Å². The summed E-state index contributed by atoms with van der Waals surface area (Å²) in [5.74, 6) is 1.61. The SMILES string of the molecule is CCCn1ccnc1CN1CCN(CC=C(C)C)[C@H]2CS(=O)(=O)C[C@H]21. The van der Waals surface area contributed by atoms with Crippen molar-refractivity contribution >= 4 is 9.84 Å². The molecule has 2 aliphatic rings. The van der Waals surface area contributed by atoms with Crippen molar-refractivity contribution in [1.29, 1.82) is 0 Å². The molecule has 1 aromatic rings. The van der Waals surface area contributed by atoms with Gasteiger partial charge in [0.2, 0.25) is 0 Å². The molecule has 1 aromatic heterocycles. The molecule has 2 aliphatic heterocycles. The topological polar surface area (TPSA) is 58.4 Å². The molecule has 6 nitrogen and oxygen atoms in total. The highest BCUT2D eigenvalue weighted by molar-refractivity contribution is 7.91. The van der Waals surface area contributed by atoms with Crippen LogP contribution in [0.3, 0.4) is 0 Å². The quantitative estimate of drug-likeness (QED) is 0.715. The van der Waals surface area contributed by atoms with E-state index in [-0.39, 0.29) is 23.6 Å². The zero-order valence-corrected chi connectivity index (χ0v) is 16.4. The summed E-state index contributed by atoms with van der Waals surface area (Å²) in [5, 5.41) is 0. The van der Waals surface area contributed by atoms with Gasteiger partial charge >= 0.3 is 0 Å². The summed E-state index contributed by atoms with van der Waals surface area (Å²) >= 11 is 0. The molecule has 3 heterocycles. The minimum absolute atomic E-state index is 0.0797. The first-order chi connectivity index (χ1) is 11.9. The van der Waals surface area contributed by atoms with Crippen LogP contribution in [-0.2, 0) is 22.9 Å². The van der Waals surface area contributed by atoms with Crippen molar-refractivity contribution in [3.63, 3.8) is 0 Å². The van der Waals surface area contributed by atoms with Crippen LogP contribution in [-0.4, -0.2) is 71.0 Å². The van der Waals surface area contributed by atoms with Gasteiger partial charge in [0.15, 0.2) is 9.84 Å². The van der Waals surface area contributed by atoms with Gasteiger partial charge in [-0.05, 0) is 20.3 Å². The summed E-state index contributed by atoms with van der Waals surface area (Å²) in [7, 11) is -2.96. The predicted molar refractivity (Wildman–Crippen MR) is 100 cm³/mol. The summed E-state index contributed by atoms with van der Waals surface area (Å²) in [4.78, 5) is 9.19. The summed E-state index contributed by atoms with van der Waals surface area (Å²) in [6.07, 6.45) is 7.14. The number of rotatable bonds is 6. The van der Waals surface area contributed by atoms with E-state index in [1.54, 1.807) is 0 Å². The normalized spacial score (nSPS) is 26.5. The van der Waals surface area contributed by atoms with Crippen LogP contribution in [0.2, 0.25) is 0 Å². The number of fused-ring (bicyclic) bond motifs is 1. The first kappa shape index (κ1) is 18.6. The fourth-order valence-electron chi connectivity index (χ4n) is 3.94. The van der Waals surface area contributed by atoms with E-state index in [0.717, 1.165) is 45.0 Å². The van der Waals surface area contributed by atoms with Crippen LogP contribution in [0.4, 0.5) is 0 Å². The molecule has 7 heteroatoms. The van der Waals surface area contributed by atoms with Crippen molar-refractivity contribution in [3.05, 3.63) is 29.9 Å². The van der Waals surface area contributed by atoms with E-state index in [0.29, 0.717) is 0 Å². The van der Waals surface area contributed by atoms with Gasteiger partial charge in [-0.2, -0.15) is 0 Å². The van der Waals surface area contributed by atoms with E-state index < -0.39 is 9.84 Å². The van der Waals surface area contributed by atoms with Crippen LogP contribution >= 0.6 is 0 Å². The van der Waals surface area contributed by atoms with Crippen molar-refractivity contribution in [2.24, 2.45) is 0 Å². The molecular weight excluding hydrogens is 336 g/mol. The van der Waals surface area contributed by atoms with Crippen molar-refractivity contribution in [2.45, 2.75) is 52.4 Å². The number of aryl methyl sites for hydroxylation is 1. The fourth-order valence-corrected chi connectivity index (χ4v) is 5.98. The third-order valence-electron chi connectivity index (χ3n) is 5.25. The summed E-state index contributed by atoms with van der Waals surface area (Å²) in [6.45, 7) is 10.7. The van der Waals surface area contributed by atoms with Crippen molar-refractivity contribution in [3.8, 4) is 0 Å². The maximum atomic E-state index is 12.3. The Bertz CT molecular complexity index is 721. The average Bonchev–Trinajstić information content (AvgIpc) is 3.10. The van der Waals surface area contributed by atoms with Crippen molar-refractivity contribution < 1.29 is 8.42 Å². The third kappa shape index (κ3) is 4.33. The monoisotopic (exact) mass is 366 g/mol. The summed E-state index contributed by atoms with van der Waals surface area (Å²) < 4.78 is 26.8. The van der Waals surface area contributed by atoms with Crippen LogP contribution in [0.1, 0.15) is 33.0 Å². The molecule has 2 saturated heterocycles. The Morgan fingerprint density at radius 2 is 1.92 bits per heavy atom. The number of aromatic nitrogens is 2. The Morgan fingerprint density at radius 1 is 1.24 bits per heavy atom. The number of nitrogens with zero attached hydrogens (tertiary/aromatic N) is 4. The Kier molecular flexibility index (Phi) is 5.65. The van der Waals surface area contributed by atoms with Gasteiger partial charge in [0, 0.05) is 50.7 Å². The van der Waals surface area contributed by atoms with Gasteiger partial charge in [0.05, 0.1) is 18.1 Å². The summed E-state index contributed by atoms with van der Waals surface area (Å²) in [6, 6.07) is 0.181. The van der Waals surface area contributed by atoms with Gasteiger partial charge in [0.1, 0.15) is 5.82 Å². The molecule has 0 N–H and O–H groups in total. The van der Waals surface area contributed by atoms with Crippen LogP contribution in [0, 0.1) is 0 Å². The highest BCUT2D eigenvalue weighted by Gasteiger charge is 2.46. The lowest BCUT2D eigenvalue weighted by Gasteiger charge is -2.43. The number of piperazine rings is 1. The molecule has 0 unspecified atom stereocenters. The van der Waals surface area contributed by atoms with Crippen LogP contribution in [0.5, 0.6) is 0 Å². The highest BCUT2D eigenvalue weighted by Crippen LogP contribution is 2.28. The molecule has 0 radical (unpaired) electrons. The summed E-state index contributed by atoms with van der Waals surface area (Å²) in [5.41, 5.74) is 1.28.